The van der Waals surface area contributed by atoms with Crippen LogP contribution < -0.4 is 4.74 Å². The standard InChI is InChI=1S/C15H22O2/c1-15(16,11-12-7-3-4-8-12)13-9-5-6-10-14(13)17-2/h5-6,9-10,12,16H,3-4,7-8,11H2,1-2H3. The molecule has 0 saturated heterocycles. The number of benzene rings is 1. The smallest absolute Gasteiger partial charge is 0.124 e. The van der Waals surface area contributed by atoms with Crippen LogP contribution >= 0.6 is 0 Å². The molecule has 1 aromatic carbocycles. The monoisotopic (exact) mass is 234 g/mol. The summed E-state index contributed by atoms with van der Waals surface area (Å²) in [6.07, 6.45) is 5.98. The molecule has 0 radical (unpaired) electrons. The van der Waals surface area contributed by atoms with Crippen molar-refractivity contribution in [2.75, 3.05) is 7.11 Å². The molecule has 1 atom stereocenters. The predicted molar refractivity (Wildman–Crippen MR) is 69.1 cm³/mol. The third-order valence-corrected chi connectivity index (χ3v) is 3.85. The highest BCUT2D eigenvalue weighted by atomic mass is 16.5. The summed E-state index contributed by atoms with van der Waals surface area (Å²) in [5.74, 6) is 1.45. The third-order valence-electron chi connectivity index (χ3n) is 3.85. The summed E-state index contributed by atoms with van der Waals surface area (Å²) in [5, 5.41) is 10.7. The van der Waals surface area contributed by atoms with Gasteiger partial charge < -0.3 is 9.84 Å². The normalized spacial score (nSPS) is 20.2. The molecule has 0 bridgehead atoms. The molecule has 1 unspecified atom stereocenters. The number of methoxy groups -OCH3 is 1. The molecule has 94 valence electrons. The second-order valence-corrected chi connectivity index (χ2v) is 5.33. The largest absolute Gasteiger partial charge is 0.496 e. The second kappa shape index (κ2) is 5.09. The minimum absolute atomic E-state index is 0.662. The van der Waals surface area contributed by atoms with Crippen molar-refractivity contribution in [1.82, 2.24) is 0 Å². The Morgan fingerprint density at radius 1 is 1.29 bits per heavy atom. The van der Waals surface area contributed by atoms with Crippen molar-refractivity contribution >= 4 is 0 Å². The van der Waals surface area contributed by atoms with Crippen LogP contribution in [0, 0.1) is 5.92 Å². The van der Waals surface area contributed by atoms with Crippen molar-refractivity contribution in [3.8, 4) is 5.75 Å². The molecule has 2 nitrogen and oxygen atoms in total. The maximum absolute atomic E-state index is 10.7. The zero-order chi connectivity index (χ0) is 12.3. The van der Waals surface area contributed by atoms with Gasteiger partial charge in [-0.05, 0) is 25.3 Å². The Balaban J connectivity index is 2.17. The van der Waals surface area contributed by atoms with Crippen LogP contribution in [-0.4, -0.2) is 12.2 Å². The van der Waals surface area contributed by atoms with Crippen LogP contribution in [0.2, 0.25) is 0 Å². The fourth-order valence-corrected chi connectivity index (χ4v) is 2.98. The van der Waals surface area contributed by atoms with Crippen LogP contribution in [0.25, 0.3) is 0 Å². The van der Waals surface area contributed by atoms with Gasteiger partial charge in [0.15, 0.2) is 0 Å². The lowest BCUT2D eigenvalue weighted by molar-refractivity contribution is 0.0285. The molecule has 2 rings (SSSR count). The zero-order valence-corrected chi connectivity index (χ0v) is 10.8. The average Bonchev–Trinajstić information content (AvgIpc) is 2.81. The van der Waals surface area contributed by atoms with Gasteiger partial charge in [0.2, 0.25) is 0 Å². The van der Waals surface area contributed by atoms with E-state index in [4.69, 9.17) is 4.74 Å². The molecule has 0 amide bonds. The van der Waals surface area contributed by atoms with Gasteiger partial charge in [0.1, 0.15) is 5.75 Å². The minimum atomic E-state index is -0.776. The van der Waals surface area contributed by atoms with Crippen molar-refractivity contribution < 1.29 is 9.84 Å². The molecule has 0 spiro atoms. The zero-order valence-electron chi connectivity index (χ0n) is 10.8. The molecule has 1 saturated carbocycles. The van der Waals surface area contributed by atoms with Crippen molar-refractivity contribution in [3.63, 3.8) is 0 Å². The molecular formula is C15H22O2. The van der Waals surface area contributed by atoms with Gasteiger partial charge in [-0.3, -0.25) is 0 Å². The first-order valence-corrected chi connectivity index (χ1v) is 6.49. The first kappa shape index (κ1) is 12.4. The summed E-state index contributed by atoms with van der Waals surface area (Å²) in [7, 11) is 1.66. The van der Waals surface area contributed by atoms with Crippen LogP contribution in [0.15, 0.2) is 24.3 Å². The molecule has 1 aromatic rings. The quantitative estimate of drug-likeness (QED) is 0.864. The van der Waals surface area contributed by atoms with Gasteiger partial charge in [0.25, 0.3) is 0 Å². The molecule has 1 aliphatic carbocycles. The molecule has 2 heteroatoms. The van der Waals surface area contributed by atoms with Gasteiger partial charge >= 0.3 is 0 Å². The van der Waals surface area contributed by atoms with E-state index in [1.165, 1.54) is 25.7 Å². The van der Waals surface area contributed by atoms with E-state index in [9.17, 15) is 5.11 Å². The Bertz CT molecular complexity index is 365. The molecule has 0 aromatic heterocycles. The molecule has 1 aliphatic rings. The molecule has 1 N–H and O–H groups in total. The summed E-state index contributed by atoms with van der Waals surface area (Å²) < 4.78 is 5.34. The summed E-state index contributed by atoms with van der Waals surface area (Å²) in [6, 6.07) is 7.78. The number of rotatable bonds is 4. The van der Waals surface area contributed by atoms with E-state index in [0.29, 0.717) is 5.92 Å². The Kier molecular flexibility index (Phi) is 3.72. The Hall–Kier alpha value is -1.02. The van der Waals surface area contributed by atoms with E-state index in [-0.39, 0.29) is 0 Å². The van der Waals surface area contributed by atoms with Gasteiger partial charge in [-0.15, -0.1) is 0 Å². The first-order valence-electron chi connectivity index (χ1n) is 6.49. The number of hydrogen-bond donors (Lipinski definition) is 1. The van der Waals surface area contributed by atoms with Crippen LogP contribution in [0.1, 0.15) is 44.6 Å². The van der Waals surface area contributed by atoms with Gasteiger partial charge in [0.05, 0.1) is 12.7 Å². The molecule has 0 aliphatic heterocycles. The van der Waals surface area contributed by atoms with Crippen molar-refractivity contribution in [1.29, 1.82) is 0 Å². The highest BCUT2D eigenvalue weighted by Crippen LogP contribution is 2.39. The van der Waals surface area contributed by atoms with E-state index < -0.39 is 5.60 Å². The minimum Gasteiger partial charge on any atom is -0.496 e. The van der Waals surface area contributed by atoms with E-state index in [1.807, 2.05) is 31.2 Å². The maximum atomic E-state index is 10.7. The first-order chi connectivity index (χ1) is 8.13. The van der Waals surface area contributed by atoms with E-state index >= 15 is 0 Å². The second-order valence-electron chi connectivity index (χ2n) is 5.33. The number of para-hydroxylation sites is 1. The van der Waals surface area contributed by atoms with Crippen molar-refractivity contribution in [2.45, 2.75) is 44.6 Å². The van der Waals surface area contributed by atoms with E-state index in [0.717, 1.165) is 17.7 Å². The van der Waals surface area contributed by atoms with Crippen molar-refractivity contribution in [3.05, 3.63) is 29.8 Å². The summed E-state index contributed by atoms with van der Waals surface area (Å²) in [4.78, 5) is 0. The lowest BCUT2D eigenvalue weighted by atomic mass is 9.85. The van der Waals surface area contributed by atoms with Gasteiger partial charge in [-0.2, -0.15) is 0 Å². The average molecular weight is 234 g/mol. The highest BCUT2D eigenvalue weighted by Gasteiger charge is 2.31. The third kappa shape index (κ3) is 2.81. The molecule has 1 fully saturated rings. The van der Waals surface area contributed by atoms with Gasteiger partial charge in [-0.1, -0.05) is 43.9 Å². The Labute approximate surface area is 104 Å². The SMILES string of the molecule is COc1ccccc1C(C)(O)CC1CCCC1. The Morgan fingerprint density at radius 2 is 1.94 bits per heavy atom. The number of ether oxygens (including phenoxy) is 1. The summed E-state index contributed by atoms with van der Waals surface area (Å²) in [5.41, 5.74) is 0.135. The van der Waals surface area contributed by atoms with Crippen LogP contribution in [0.4, 0.5) is 0 Å². The van der Waals surface area contributed by atoms with Gasteiger partial charge in [0, 0.05) is 5.56 Å². The Morgan fingerprint density at radius 3 is 2.59 bits per heavy atom. The summed E-state index contributed by atoms with van der Waals surface area (Å²) in [6.45, 7) is 1.91. The van der Waals surface area contributed by atoms with Crippen LogP contribution in [0.5, 0.6) is 5.75 Å². The number of aliphatic hydroxyl groups is 1. The van der Waals surface area contributed by atoms with Crippen molar-refractivity contribution in [2.24, 2.45) is 5.92 Å². The van der Waals surface area contributed by atoms with Crippen LogP contribution in [-0.2, 0) is 5.60 Å². The lowest BCUT2D eigenvalue weighted by Crippen LogP contribution is -2.25. The van der Waals surface area contributed by atoms with Crippen LogP contribution in [0.3, 0.4) is 0 Å². The van der Waals surface area contributed by atoms with E-state index in [1.54, 1.807) is 7.11 Å². The fraction of sp³-hybridized carbons (Fsp3) is 0.600. The number of hydrogen-bond acceptors (Lipinski definition) is 2. The van der Waals surface area contributed by atoms with E-state index in [2.05, 4.69) is 0 Å². The molecule has 17 heavy (non-hydrogen) atoms. The topological polar surface area (TPSA) is 29.5 Å². The predicted octanol–water partition coefficient (Wildman–Crippen LogP) is 3.48. The highest BCUT2D eigenvalue weighted by molar-refractivity contribution is 5.37. The van der Waals surface area contributed by atoms with Gasteiger partial charge in [-0.25, -0.2) is 0 Å². The summed E-state index contributed by atoms with van der Waals surface area (Å²) >= 11 is 0. The molecule has 0 heterocycles. The molecular weight excluding hydrogens is 212 g/mol. The maximum Gasteiger partial charge on any atom is 0.124 e. The lowest BCUT2D eigenvalue weighted by Gasteiger charge is -2.28. The fourth-order valence-electron chi connectivity index (χ4n) is 2.98.